The topological polar surface area (TPSA) is 102 Å². The van der Waals surface area contributed by atoms with E-state index in [1.807, 2.05) is 13.8 Å². The highest BCUT2D eigenvalue weighted by Crippen LogP contribution is 2.24. The van der Waals surface area contributed by atoms with E-state index in [2.05, 4.69) is 20.8 Å². The summed E-state index contributed by atoms with van der Waals surface area (Å²) in [5, 5.41) is 0.474. The molecule has 0 spiro atoms. The molecule has 1 heterocycles. The van der Waals surface area contributed by atoms with Crippen LogP contribution in [0.25, 0.3) is 0 Å². The highest BCUT2D eigenvalue weighted by Gasteiger charge is 2.12. The molecule has 0 fully saturated rings. The van der Waals surface area contributed by atoms with Crippen LogP contribution in [-0.4, -0.2) is 22.0 Å². The van der Waals surface area contributed by atoms with E-state index in [0.717, 1.165) is 0 Å². The molecule has 0 atom stereocenters. The number of hydrazine groups is 1. The van der Waals surface area contributed by atoms with E-state index in [1.54, 1.807) is 24.3 Å². The van der Waals surface area contributed by atoms with Gasteiger partial charge < -0.3 is 10.5 Å². The average molecular weight is 322 g/mol. The highest BCUT2D eigenvalue weighted by atomic mass is 35.5. The molecule has 116 valence electrons. The van der Waals surface area contributed by atoms with E-state index in [-0.39, 0.29) is 29.4 Å². The fraction of sp³-hybridized carbons (Fsp3) is 0.214. The smallest absolute Gasteiger partial charge is 0.269 e. The lowest BCUT2D eigenvalue weighted by molar-refractivity contribution is 0.0962. The summed E-state index contributed by atoms with van der Waals surface area (Å²) in [6.07, 6.45) is 1.22. The Morgan fingerprint density at radius 2 is 2.14 bits per heavy atom. The van der Waals surface area contributed by atoms with Gasteiger partial charge in [-0.1, -0.05) is 17.7 Å². The van der Waals surface area contributed by atoms with Crippen molar-refractivity contribution in [1.29, 1.82) is 0 Å². The van der Waals surface area contributed by atoms with Gasteiger partial charge in [-0.15, -0.1) is 0 Å². The van der Waals surface area contributed by atoms with Crippen LogP contribution in [0, 0.1) is 0 Å². The standard InChI is InChI=1S/C14H16ClN5O2/c1-8(2)22-14-11(16)12(17-7-18-14)19-20-13(21)9-4-3-5-10(15)6-9/h3-8H,16H2,1-2H3,(H,20,21)(H,17,18,19). The summed E-state index contributed by atoms with van der Waals surface area (Å²) >= 11 is 5.84. The number of aromatic nitrogens is 2. The van der Waals surface area contributed by atoms with Gasteiger partial charge in [-0.2, -0.15) is 4.98 Å². The first-order valence-electron chi connectivity index (χ1n) is 6.56. The SMILES string of the molecule is CC(C)Oc1ncnc(NNC(=O)c2cccc(Cl)c2)c1N. The van der Waals surface area contributed by atoms with Crippen LogP contribution in [0.2, 0.25) is 5.02 Å². The molecular formula is C14H16ClN5O2. The summed E-state index contributed by atoms with van der Waals surface area (Å²) in [5.41, 5.74) is 11.7. The molecule has 7 nitrogen and oxygen atoms in total. The Morgan fingerprint density at radius 1 is 1.36 bits per heavy atom. The number of ether oxygens (including phenoxy) is 1. The highest BCUT2D eigenvalue weighted by molar-refractivity contribution is 6.30. The Bertz CT molecular complexity index is 678. The lowest BCUT2D eigenvalue weighted by atomic mass is 10.2. The van der Waals surface area contributed by atoms with Crippen LogP contribution in [0.15, 0.2) is 30.6 Å². The minimum Gasteiger partial charge on any atom is -0.473 e. The van der Waals surface area contributed by atoms with Crippen molar-refractivity contribution in [3.05, 3.63) is 41.2 Å². The molecule has 8 heteroatoms. The summed E-state index contributed by atoms with van der Waals surface area (Å²) in [6, 6.07) is 6.56. The number of nitrogen functional groups attached to an aromatic ring is 1. The first kappa shape index (κ1) is 15.8. The molecule has 0 saturated heterocycles. The van der Waals surface area contributed by atoms with Crippen molar-refractivity contribution >= 4 is 29.0 Å². The first-order valence-corrected chi connectivity index (χ1v) is 6.94. The zero-order valence-corrected chi connectivity index (χ0v) is 12.9. The third kappa shape index (κ3) is 3.98. The van der Waals surface area contributed by atoms with Gasteiger partial charge in [-0.05, 0) is 32.0 Å². The van der Waals surface area contributed by atoms with E-state index in [4.69, 9.17) is 22.1 Å². The van der Waals surface area contributed by atoms with Gasteiger partial charge >= 0.3 is 0 Å². The average Bonchev–Trinajstić information content (AvgIpc) is 2.47. The fourth-order valence-corrected chi connectivity index (χ4v) is 1.80. The van der Waals surface area contributed by atoms with Crippen LogP contribution in [0.4, 0.5) is 11.5 Å². The number of nitrogens with zero attached hydrogens (tertiary/aromatic N) is 2. The fourth-order valence-electron chi connectivity index (χ4n) is 1.61. The molecule has 4 N–H and O–H groups in total. The number of hydrogen-bond acceptors (Lipinski definition) is 6. The summed E-state index contributed by atoms with van der Waals surface area (Å²) < 4.78 is 5.45. The number of carbonyl (C=O) groups excluding carboxylic acids is 1. The summed E-state index contributed by atoms with van der Waals surface area (Å²) in [7, 11) is 0. The van der Waals surface area contributed by atoms with Crippen molar-refractivity contribution in [2.75, 3.05) is 11.2 Å². The van der Waals surface area contributed by atoms with Gasteiger partial charge in [-0.3, -0.25) is 15.6 Å². The van der Waals surface area contributed by atoms with Crippen LogP contribution in [0.5, 0.6) is 5.88 Å². The lowest BCUT2D eigenvalue weighted by Crippen LogP contribution is -2.30. The van der Waals surface area contributed by atoms with Crippen LogP contribution < -0.4 is 21.3 Å². The number of rotatable bonds is 5. The molecular weight excluding hydrogens is 306 g/mol. The number of anilines is 2. The zero-order chi connectivity index (χ0) is 16.1. The molecule has 22 heavy (non-hydrogen) atoms. The molecule has 0 radical (unpaired) electrons. The lowest BCUT2D eigenvalue weighted by Gasteiger charge is -2.14. The molecule has 1 aromatic heterocycles. The van der Waals surface area contributed by atoms with Crippen LogP contribution in [0.1, 0.15) is 24.2 Å². The molecule has 0 saturated carbocycles. The molecule has 2 rings (SSSR count). The third-order valence-electron chi connectivity index (χ3n) is 2.58. The number of amides is 1. The van der Waals surface area contributed by atoms with Crippen molar-refractivity contribution in [2.45, 2.75) is 20.0 Å². The largest absolute Gasteiger partial charge is 0.473 e. The molecule has 1 aromatic carbocycles. The summed E-state index contributed by atoms with van der Waals surface area (Å²) in [6.45, 7) is 3.71. The number of hydrogen-bond donors (Lipinski definition) is 3. The van der Waals surface area contributed by atoms with E-state index in [1.165, 1.54) is 6.33 Å². The Hall–Kier alpha value is -2.54. The maximum atomic E-state index is 12.0. The predicted molar refractivity (Wildman–Crippen MR) is 84.7 cm³/mol. The molecule has 0 aliphatic carbocycles. The number of carbonyl (C=O) groups is 1. The van der Waals surface area contributed by atoms with Gasteiger partial charge in [0.2, 0.25) is 5.88 Å². The Morgan fingerprint density at radius 3 is 2.82 bits per heavy atom. The summed E-state index contributed by atoms with van der Waals surface area (Å²) in [5.74, 6) is 0.136. The van der Waals surface area contributed by atoms with Gasteiger partial charge in [0.05, 0.1) is 6.10 Å². The Kier molecular flexibility index (Phi) is 5.00. The minimum absolute atomic E-state index is 0.0777. The van der Waals surface area contributed by atoms with E-state index >= 15 is 0 Å². The van der Waals surface area contributed by atoms with Gasteiger partial charge in [-0.25, -0.2) is 4.98 Å². The van der Waals surface area contributed by atoms with Crippen LogP contribution in [0.3, 0.4) is 0 Å². The van der Waals surface area contributed by atoms with Crippen molar-refractivity contribution < 1.29 is 9.53 Å². The number of nitrogens with two attached hydrogens (primary N) is 1. The maximum absolute atomic E-state index is 12.0. The van der Waals surface area contributed by atoms with Gasteiger partial charge in [0.15, 0.2) is 5.82 Å². The molecule has 0 bridgehead atoms. The number of benzene rings is 1. The molecule has 0 aliphatic rings. The second-order valence-electron chi connectivity index (χ2n) is 4.70. The van der Waals surface area contributed by atoms with E-state index in [0.29, 0.717) is 10.6 Å². The van der Waals surface area contributed by atoms with Gasteiger partial charge in [0.25, 0.3) is 5.91 Å². The van der Waals surface area contributed by atoms with Crippen molar-refractivity contribution in [3.8, 4) is 5.88 Å². The quantitative estimate of drug-likeness (QED) is 0.730. The van der Waals surface area contributed by atoms with Gasteiger partial charge in [0.1, 0.15) is 12.0 Å². The van der Waals surface area contributed by atoms with Crippen LogP contribution >= 0.6 is 11.6 Å². The summed E-state index contributed by atoms with van der Waals surface area (Å²) in [4.78, 5) is 19.9. The number of nitrogens with one attached hydrogen (secondary N) is 2. The van der Waals surface area contributed by atoms with Gasteiger partial charge in [0, 0.05) is 10.6 Å². The monoisotopic (exact) mass is 321 g/mol. The number of halogens is 1. The third-order valence-corrected chi connectivity index (χ3v) is 2.81. The molecule has 2 aromatic rings. The van der Waals surface area contributed by atoms with E-state index < -0.39 is 0 Å². The van der Waals surface area contributed by atoms with Crippen molar-refractivity contribution in [3.63, 3.8) is 0 Å². The normalized spacial score (nSPS) is 10.4. The Labute approximate surface area is 132 Å². The van der Waals surface area contributed by atoms with Crippen LogP contribution in [-0.2, 0) is 0 Å². The maximum Gasteiger partial charge on any atom is 0.269 e. The minimum atomic E-state index is -0.369. The Balaban J connectivity index is 2.07. The predicted octanol–water partition coefficient (Wildman–Crippen LogP) is 2.26. The van der Waals surface area contributed by atoms with E-state index in [9.17, 15) is 4.79 Å². The van der Waals surface area contributed by atoms with Crippen molar-refractivity contribution in [2.24, 2.45) is 0 Å². The first-order chi connectivity index (χ1) is 10.5. The second kappa shape index (κ2) is 6.95. The molecule has 0 aliphatic heterocycles. The molecule has 1 amide bonds. The zero-order valence-electron chi connectivity index (χ0n) is 12.1. The van der Waals surface area contributed by atoms with Crippen molar-refractivity contribution in [1.82, 2.24) is 15.4 Å². The molecule has 0 unspecified atom stereocenters. The second-order valence-corrected chi connectivity index (χ2v) is 5.13.